The van der Waals surface area contributed by atoms with E-state index in [2.05, 4.69) is 17.6 Å². The van der Waals surface area contributed by atoms with Gasteiger partial charge in [0.1, 0.15) is 9.88 Å². The van der Waals surface area contributed by atoms with Gasteiger partial charge in [-0.1, -0.05) is 13.3 Å². The van der Waals surface area contributed by atoms with Gasteiger partial charge in [-0.3, -0.25) is 9.59 Å². The molecule has 7 heteroatoms. The normalized spacial score (nSPS) is 10.2. The summed E-state index contributed by atoms with van der Waals surface area (Å²) in [5.74, 6) is -0.542. The second-order valence-corrected chi connectivity index (χ2v) is 5.46. The molecule has 112 valence electrons. The molecule has 4 N–H and O–H groups in total. The van der Waals surface area contributed by atoms with E-state index in [0.29, 0.717) is 10.4 Å². The lowest BCUT2D eigenvalue weighted by Crippen LogP contribution is -2.24. The van der Waals surface area contributed by atoms with Crippen LogP contribution in [0.1, 0.15) is 39.8 Å². The van der Waals surface area contributed by atoms with E-state index in [1.54, 1.807) is 14.1 Å². The zero-order chi connectivity index (χ0) is 15.3. The van der Waals surface area contributed by atoms with Crippen LogP contribution in [0, 0.1) is 0 Å². The van der Waals surface area contributed by atoms with Crippen LogP contribution < -0.4 is 21.3 Å². The standard InChI is InChI=1S/C13H22N4O2S/c1-5-6-7-17(4)13-8(11(18)15-2)9(14)10(20-13)12(19)16-3/h5-7,14H2,1-4H3,(H,15,18)(H,16,19). The molecular weight excluding hydrogens is 276 g/mol. The van der Waals surface area contributed by atoms with Crippen molar-refractivity contribution in [3.8, 4) is 0 Å². The summed E-state index contributed by atoms with van der Waals surface area (Å²) >= 11 is 1.25. The molecule has 6 nitrogen and oxygen atoms in total. The van der Waals surface area contributed by atoms with Gasteiger partial charge in [-0.2, -0.15) is 0 Å². The van der Waals surface area contributed by atoms with Gasteiger partial charge >= 0.3 is 0 Å². The number of nitrogens with two attached hydrogens (primary N) is 1. The molecule has 0 unspecified atom stereocenters. The molecule has 0 aromatic carbocycles. The molecule has 0 spiro atoms. The molecule has 0 atom stereocenters. The quantitative estimate of drug-likeness (QED) is 0.738. The molecule has 20 heavy (non-hydrogen) atoms. The SMILES string of the molecule is CCCCN(C)c1sc(C(=O)NC)c(N)c1C(=O)NC. The van der Waals surface area contributed by atoms with Gasteiger partial charge in [-0.25, -0.2) is 0 Å². The van der Waals surface area contributed by atoms with Crippen molar-refractivity contribution >= 4 is 33.8 Å². The predicted octanol–water partition coefficient (Wildman–Crippen LogP) is 1.29. The van der Waals surface area contributed by atoms with Crippen molar-refractivity contribution in [3.63, 3.8) is 0 Å². The molecule has 1 heterocycles. The van der Waals surface area contributed by atoms with Crippen LogP contribution in [0.15, 0.2) is 0 Å². The number of nitrogens with zero attached hydrogens (tertiary/aromatic N) is 1. The van der Waals surface area contributed by atoms with Crippen LogP contribution >= 0.6 is 11.3 Å². The first kappa shape index (κ1) is 16.3. The van der Waals surface area contributed by atoms with Gasteiger partial charge in [-0.05, 0) is 6.42 Å². The van der Waals surface area contributed by atoms with E-state index in [0.717, 1.165) is 24.4 Å². The van der Waals surface area contributed by atoms with Crippen molar-refractivity contribution in [2.75, 3.05) is 38.3 Å². The Bertz CT molecular complexity index is 499. The molecule has 0 radical (unpaired) electrons. The molecule has 2 amide bonds. The van der Waals surface area contributed by atoms with E-state index in [1.807, 2.05) is 11.9 Å². The Morgan fingerprint density at radius 3 is 2.35 bits per heavy atom. The zero-order valence-electron chi connectivity index (χ0n) is 12.4. The molecule has 0 aliphatic heterocycles. The number of anilines is 2. The minimum absolute atomic E-state index is 0.243. The summed E-state index contributed by atoms with van der Waals surface area (Å²) in [6.07, 6.45) is 2.07. The summed E-state index contributed by atoms with van der Waals surface area (Å²) in [6.45, 7) is 2.92. The average molecular weight is 298 g/mol. The first-order valence-electron chi connectivity index (χ1n) is 6.55. The maximum absolute atomic E-state index is 12.0. The van der Waals surface area contributed by atoms with E-state index in [-0.39, 0.29) is 17.5 Å². The Morgan fingerprint density at radius 2 is 1.85 bits per heavy atom. The number of thiophene rings is 1. The Balaban J connectivity index is 3.26. The highest BCUT2D eigenvalue weighted by molar-refractivity contribution is 7.19. The molecule has 1 aromatic rings. The van der Waals surface area contributed by atoms with Crippen molar-refractivity contribution in [1.29, 1.82) is 0 Å². The highest BCUT2D eigenvalue weighted by Crippen LogP contribution is 2.37. The number of carbonyl (C=O) groups excluding carboxylic acids is 2. The topological polar surface area (TPSA) is 87.5 Å². The van der Waals surface area contributed by atoms with Crippen LogP contribution in [0.3, 0.4) is 0 Å². The monoisotopic (exact) mass is 298 g/mol. The number of rotatable bonds is 6. The minimum atomic E-state index is -0.271. The fourth-order valence-corrected chi connectivity index (χ4v) is 2.98. The number of hydrogen-bond donors (Lipinski definition) is 3. The smallest absolute Gasteiger partial charge is 0.263 e. The number of unbranched alkanes of at least 4 members (excludes halogenated alkanes) is 1. The van der Waals surface area contributed by atoms with Crippen LogP contribution in [0.5, 0.6) is 0 Å². The van der Waals surface area contributed by atoms with Gasteiger partial charge in [0.05, 0.1) is 11.3 Å². The fourth-order valence-electron chi connectivity index (χ4n) is 1.82. The lowest BCUT2D eigenvalue weighted by Gasteiger charge is -2.18. The fraction of sp³-hybridized carbons (Fsp3) is 0.538. The summed E-state index contributed by atoms with van der Waals surface area (Å²) in [4.78, 5) is 26.2. The highest BCUT2D eigenvalue weighted by atomic mass is 32.1. The van der Waals surface area contributed by atoms with E-state index in [4.69, 9.17) is 5.73 Å². The van der Waals surface area contributed by atoms with Gasteiger partial charge < -0.3 is 21.3 Å². The maximum atomic E-state index is 12.0. The van der Waals surface area contributed by atoms with Gasteiger partial charge in [0.25, 0.3) is 11.8 Å². The zero-order valence-corrected chi connectivity index (χ0v) is 13.2. The third kappa shape index (κ3) is 3.22. The molecule has 0 saturated heterocycles. The van der Waals surface area contributed by atoms with E-state index in [9.17, 15) is 9.59 Å². The molecule has 0 fully saturated rings. The second kappa shape index (κ2) is 7.14. The number of nitrogens with one attached hydrogen (secondary N) is 2. The highest BCUT2D eigenvalue weighted by Gasteiger charge is 2.26. The van der Waals surface area contributed by atoms with Crippen molar-refractivity contribution in [2.45, 2.75) is 19.8 Å². The summed E-state index contributed by atoms with van der Waals surface area (Å²) < 4.78 is 0. The Hall–Kier alpha value is -1.76. The molecule has 0 bridgehead atoms. The average Bonchev–Trinajstić information content (AvgIpc) is 2.80. The number of nitrogen functional groups attached to an aromatic ring is 1. The summed E-state index contributed by atoms with van der Waals surface area (Å²) in [5, 5.41) is 5.85. The van der Waals surface area contributed by atoms with Crippen LogP contribution in [0.25, 0.3) is 0 Å². The van der Waals surface area contributed by atoms with Crippen LogP contribution in [0.2, 0.25) is 0 Å². The second-order valence-electron chi connectivity index (χ2n) is 4.46. The Morgan fingerprint density at radius 1 is 1.25 bits per heavy atom. The third-order valence-corrected chi connectivity index (χ3v) is 4.33. The number of amides is 2. The Kier molecular flexibility index (Phi) is 5.82. The molecule has 0 aliphatic carbocycles. The summed E-state index contributed by atoms with van der Waals surface area (Å²) in [7, 11) is 5.00. The minimum Gasteiger partial charge on any atom is -0.397 e. The molecule has 0 aliphatic rings. The summed E-state index contributed by atoms with van der Waals surface area (Å²) in [5.41, 5.74) is 6.61. The van der Waals surface area contributed by atoms with Crippen molar-refractivity contribution in [2.24, 2.45) is 0 Å². The van der Waals surface area contributed by atoms with Gasteiger partial charge in [0.15, 0.2) is 0 Å². The lowest BCUT2D eigenvalue weighted by atomic mass is 10.2. The molecule has 0 saturated carbocycles. The van der Waals surface area contributed by atoms with Gasteiger partial charge in [0, 0.05) is 27.7 Å². The van der Waals surface area contributed by atoms with E-state index in [1.165, 1.54) is 11.3 Å². The first-order valence-corrected chi connectivity index (χ1v) is 7.37. The van der Waals surface area contributed by atoms with Gasteiger partial charge in [0.2, 0.25) is 0 Å². The van der Waals surface area contributed by atoms with Crippen molar-refractivity contribution < 1.29 is 9.59 Å². The van der Waals surface area contributed by atoms with Gasteiger partial charge in [-0.15, -0.1) is 11.3 Å². The molecular formula is C13H22N4O2S. The largest absolute Gasteiger partial charge is 0.397 e. The summed E-state index contributed by atoms with van der Waals surface area (Å²) in [6, 6.07) is 0. The van der Waals surface area contributed by atoms with E-state index < -0.39 is 0 Å². The van der Waals surface area contributed by atoms with Crippen LogP contribution in [-0.2, 0) is 0 Å². The first-order chi connectivity index (χ1) is 9.47. The molecule has 1 rings (SSSR count). The predicted molar refractivity (Wildman–Crippen MR) is 83.7 cm³/mol. The molecule has 1 aromatic heterocycles. The number of hydrogen-bond acceptors (Lipinski definition) is 5. The Labute approximate surface area is 123 Å². The van der Waals surface area contributed by atoms with Crippen LogP contribution in [0.4, 0.5) is 10.7 Å². The lowest BCUT2D eigenvalue weighted by molar-refractivity contribution is 0.0963. The van der Waals surface area contributed by atoms with Crippen molar-refractivity contribution in [3.05, 3.63) is 10.4 Å². The van der Waals surface area contributed by atoms with E-state index >= 15 is 0 Å². The van der Waals surface area contributed by atoms with Crippen LogP contribution in [-0.4, -0.2) is 39.5 Å². The maximum Gasteiger partial charge on any atom is 0.263 e. The number of carbonyl (C=O) groups is 2. The third-order valence-electron chi connectivity index (χ3n) is 3.01. The van der Waals surface area contributed by atoms with Crippen molar-refractivity contribution in [1.82, 2.24) is 10.6 Å².